The van der Waals surface area contributed by atoms with Gasteiger partial charge in [-0.15, -0.1) is 0 Å². The molecule has 2 aromatic carbocycles. The second kappa shape index (κ2) is 13.9. The van der Waals surface area contributed by atoms with E-state index in [1.54, 1.807) is 12.5 Å². The summed E-state index contributed by atoms with van der Waals surface area (Å²) in [6.07, 6.45) is 16.6. The van der Waals surface area contributed by atoms with Crippen LogP contribution in [0, 0.1) is 0 Å². The molecule has 6 heterocycles. The van der Waals surface area contributed by atoms with Crippen molar-refractivity contribution in [2.75, 3.05) is 31.1 Å². The van der Waals surface area contributed by atoms with E-state index in [0.717, 1.165) is 54.1 Å². The first-order valence-electron chi connectivity index (χ1n) is 17.7. The summed E-state index contributed by atoms with van der Waals surface area (Å²) in [5.41, 5.74) is 5.56. The second-order valence-electron chi connectivity index (χ2n) is 14.0. The van der Waals surface area contributed by atoms with Crippen molar-refractivity contribution in [3.63, 3.8) is 0 Å². The molecule has 0 radical (unpaired) electrons. The number of piperidine rings is 1. The number of hydrogen-bond donors (Lipinski definition) is 2. The molecule has 0 unspecified atom stereocenters. The number of fused-ring (bicyclic) bond motifs is 2. The fraction of sp³-hybridized carbons (Fsp3) is 0.385. The number of nitrogens with one attached hydrogen (secondary N) is 2. The van der Waals surface area contributed by atoms with E-state index in [2.05, 4.69) is 111 Å². The molecule has 0 amide bonds. The summed E-state index contributed by atoms with van der Waals surface area (Å²) in [5, 5.41) is 2.49. The van der Waals surface area contributed by atoms with Gasteiger partial charge in [0.25, 0.3) is 0 Å². The van der Waals surface area contributed by atoms with Crippen molar-refractivity contribution in [1.29, 1.82) is 0 Å². The average molecular weight is 674 g/mol. The van der Waals surface area contributed by atoms with Crippen LogP contribution in [0.3, 0.4) is 0 Å². The third-order valence-corrected chi connectivity index (χ3v) is 11.1. The Morgan fingerprint density at radius 2 is 1.18 bits per heavy atom. The van der Waals surface area contributed by atoms with Crippen LogP contribution in [0.1, 0.15) is 56.1 Å². The van der Waals surface area contributed by atoms with E-state index in [1.807, 2.05) is 12.3 Å². The fourth-order valence-electron chi connectivity index (χ4n) is 7.73. The molecule has 0 bridgehead atoms. The molecule has 10 heteroatoms. The molecule has 6 aromatic rings. The van der Waals surface area contributed by atoms with Crippen molar-refractivity contribution in [2.45, 2.75) is 69.1 Å². The number of aromatic nitrogens is 6. The van der Waals surface area contributed by atoms with E-state index in [9.17, 15) is 0 Å². The van der Waals surface area contributed by atoms with Crippen LogP contribution < -0.4 is 4.90 Å². The molecule has 2 aliphatic heterocycles. The van der Waals surface area contributed by atoms with Crippen LogP contribution >= 0.6 is 11.6 Å². The maximum atomic E-state index is 5.73. The minimum absolute atomic E-state index is 0.335. The monoisotopic (exact) mass is 673 g/mol. The summed E-state index contributed by atoms with van der Waals surface area (Å²) in [5.74, 6) is 1.08. The van der Waals surface area contributed by atoms with Gasteiger partial charge in [-0.2, -0.15) is 0 Å². The third kappa shape index (κ3) is 7.06. The van der Waals surface area contributed by atoms with Crippen LogP contribution in [0.5, 0.6) is 0 Å². The molecule has 2 saturated carbocycles. The van der Waals surface area contributed by atoms with Gasteiger partial charge in [-0.05, 0) is 68.3 Å². The topological polar surface area (TPSA) is 92.9 Å². The number of halogens is 1. The highest BCUT2D eigenvalue weighted by atomic mass is 35.5. The van der Waals surface area contributed by atoms with Crippen molar-refractivity contribution in [2.24, 2.45) is 0 Å². The van der Waals surface area contributed by atoms with Gasteiger partial charge in [-0.3, -0.25) is 9.80 Å². The Balaban J connectivity index is 0.000000118. The Morgan fingerprint density at radius 1 is 0.592 bits per heavy atom. The van der Waals surface area contributed by atoms with E-state index in [0.29, 0.717) is 16.2 Å². The van der Waals surface area contributed by atoms with E-state index >= 15 is 0 Å². The molecule has 4 fully saturated rings. The van der Waals surface area contributed by atoms with Crippen LogP contribution in [0.2, 0.25) is 5.15 Å². The summed E-state index contributed by atoms with van der Waals surface area (Å²) in [7, 11) is 0. The zero-order valence-corrected chi connectivity index (χ0v) is 28.7. The summed E-state index contributed by atoms with van der Waals surface area (Å²) >= 11 is 5.73. The lowest BCUT2D eigenvalue weighted by Gasteiger charge is -2.43. The molecule has 4 aromatic heterocycles. The number of anilines is 1. The highest BCUT2D eigenvalue weighted by Gasteiger charge is 2.51. The second-order valence-corrected chi connectivity index (χ2v) is 14.3. The quantitative estimate of drug-likeness (QED) is 0.182. The minimum atomic E-state index is 0.335. The molecular weight excluding hydrogens is 630 g/mol. The number of H-pyrrole nitrogens is 2. The van der Waals surface area contributed by atoms with E-state index in [-0.39, 0.29) is 0 Å². The van der Waals surface area contributed by atoms with Crippen LogP contribution in [-0.2, 0) is 13.1 Å². The van der Waals surface area contributed by atoms with Crippen molar-refractivity contribution in [1.82, 2.24) is 39.7 Å². The maximum Gasteiger partial charge on any atom is 0.142 e. The molecule has 0 atom stereocenters. The summed E-state index contributed by atoms with van der Waals surface area (Å²) in [6.45, 7) is 6.71. The van der Waals surface area contributed by atoms with Gasteiger partial charge in [-0.25, -0.2) is 19.9 Å². The van der Waals surface area contributed by atoms with Crippen molar-refractivity contribution in [3.8, 4) is 0 Å². The number of rotatable bonds is 5. The van der Waals surface area contributed by atoms with Gasteiger partial charge in [0.15, 0.2) is 0 Å². The SMILES string of the molecule is Clc1ncnc2[nH]ccc12.c1ccc(CN2CCCCC23CC3)cc1.c1ccc(CN2CCN(c3ncnc4[nH]ccc34)CC23CC3)cc1. The van der Waals surface area contributed by atoms with E-state index in [4.69, 9.17) is 11.6 Å². The van der Waals surface area contributed by atoms with Crippen LogP contribution in [-0.4, -0.2) is 77.0 Å². The first-order valence-corrected chi connectivity index (χ1v) is 18.0. The lowest BCUT2D eigenvalue weighted by atomic mass is 9.99. The largest absolute Gasteiger partial charge is 0.353 e. The third-order valence-electron chi connectivity index (χ3n) is 10.8. The van der Waals surface area contributed by atoms with Gasteiger partial charge >= 0.3 is 0 Å². The number of nitrogens with zero attached hydrogens (tertiary/aromatic N) is 7. The number of benzene rings is 2. The zero-order valence-electron chi connectivity index (χ0n) is 27.9. The lowest BCUT2D eigenvalue weighted by molar-refractivity contribution is 0.121. The fourth-order valence-corrected chi connectivity index (χ4v) is 7.92. The minimum Gasteiger partial charge on any atom is -0.353 e. The van der Waals surface area contributed by atoms with Crippen molar-refractivity contribution >= 4 is 39.5 Å². The normalized spacial score (nSPS) is 19.3. The Morgan fingerprint density at radius 3 is 1.82 bits per heavy atom. The van der Waals surface area contributed by atoms with Gasteiger partial charge in [0.1, 0.15) is 34.9 Å². The van der Waals surface area contributed by atoms with Gasteiger partial charge in [-0.1, -0.05) is 78.7 Å². The molecule has 2 aliphatic carbocycles. The summed E-state index contributed by atoms with van der Waals surface area (Å²) in [6, 6.07) is 25.7. The zero-order chi connectivity index (χ0) is 33.1. The Labute approximate surface area is 292 Å². The molecule has 2 N–H and O–H groups in total. The van der Waals surface area contributed by atoms with Crippen LogP contribution in [0.4, 0.5) is 5.82 Å². The Bertz CT molecular complexity index is 1970. The number of hydrogen-bond acceptors (Lipinski definition) is 7. The molecule has 9 nitrogen and oxygen atoms in total. The average Bonchev–Trinajstić information content (AvgIpc) is 3.96. The Kier molecular flexibility index (Phi) is 9.06. The standard InChI is InChI=1S/C19H21N5.C14H19N.C6H4ClN3/c1-2-4-15(5-3-1)12-24-11-10-23(13-19(24)7-8-19)18-16-6-9-20-17(16)21-14-22-18;1-2-6-13(7-3-1)12-15-11-5-4-8-14(15)9-10-14;7-5-4-1-2-8-6(4)10-3-9-5/h1-6,9,14H,7-8,10-13H2,(H,20,21,22);1-3,6-7H,4-5,8-12H2;1-3H,(H,8,9,10). The predicted molar refractivity (Wildman–Crippen MR) is 196 cm³/mol. The highest BCUT2D eigenvalue weighted by Crippen LogP contribution is 2.49. The first kappa shape index (κ1) is 31.9. The molecule has 2 spiro atoms. The smallest absolute Gasteiger partial charge is 0.142 e. The maximum absolute atomic E-state index is 5.73. The number of likely N-dealkylation sites (tertiary alicyclic amines) is 1. The number of aromatic amines is 2. The Hall–Kier alpha value is -4.31. The van der Waals surface area contributed by atoms with Crippen LogP contribution in [0.25, 0.3) is 22.1 Å². The molecule has 252 valence electrons. The molecule has 2 saturated heterocycles. The molecule has 4 aliphatic rings. The highest BCUT2D eigenvalue weighted by molar-refractivity contribution is 6.33. The molecule has 49 heavy (non-hydrogen) atoms. The van der Waals surface area contributed by atoms with Crippen molar-refractivity contribution in [3.05, 3.63) is 114 Å². The number of piperazine rings is 1. The predicted octanol–water partition coefficient (Wildman–Crippen LogP) is 7.63. The lowest BCUT2D eigenvalue weighted by Crippen LogP contribution is -2.54. The van der Waals surface area contributed by atoms with Crippen molar-refractivity contribution < 1.29 is 0 Å². The first-order chi connectivity index (χ1) is 24.1. The van der Waals surface area contributed by atoms with Gasteiger partial charge in [0.2, 0.25) is 0 Å². The summed E-state index contributed by atoms with van der Waals surface area (Å²) < 4.78 is 0. The van der Waals surface area contributed by atoms with E-state index < -0.39 is 0 Å². The molecular formula is C39H44ClN9. The van der Waals surface area contributed by atoms with Gasteiger partial charge in [0.05, 0.1) is 10.8 Å². The van der Waals surface area contributed by atoms with E-state index in [1.165, 1.54) is 75.5 Å². The van der Waals surface area contributed by atoms with Gasteiger partial charge < -0.3 is 14.9 Å². The van der Waals surface area contributed by atoms with Crippen LogP contribution in [0.15, 0.2) is 97.8 Å². The summed E-state index contributed by atoms with van der Waals surface area (Å²) in [4.78, 5) is 30.6. The van der Waals surface area contributed by atoms with Gasteiger partial charge in [0, 0.05) is 56.2 Å². The molecule has 10 rings (SSSR count).